The molecule has 3 aromatic heterocycles. The van der Waals surface area contributed by atoms with E-state index in [2.05, 4.69) is 25.4 Å². The van der Waals surface area contributed by atoms with Gasteiger partial charge in [0.15, 0.2) is 28.5 Å². The van der Waals surface area contributed by atoms with E-state index in [1.165, 1.54) is 29.5 Å². The van der Waals surface area contributed by atoms with Crippen molar-refractivity contribution in [3.63, 3.8) is 0 Å². The third kappa shape index (κ3) is 3.73. The average Bonchev–Trinajstić information content (AvgIpc) is 3.29. The predicted molar refractivity (Wildman–Crippen MR) is 123 cm³/mol. The lowest BCUT2D eigenvalue weighted by Crippen LogP contribution is -2.45. The Morgan fingerprint density at radius 3 is 2.41 bits per heavy atom. The van der Waals surface area contributed by atoms with Crippen LogP contribution in [-0.2, 0) is 16.8 Å². The summed E-state index contributed by atoms with van der Waals surface area (Å²) in [5, 5.41) is 6.26. The van der Waals surface area contributed by atoms with Gasteiger partial charge in [-0.05, 0) is 54.6 Å². The highest BCUT2D eigenvalue weighted by molar-refractivity contribution is 14.1. The van der Waals surface area contributed by atoms with Gasteiger partial charge in [-0.1, -0.05) is 0 Å². The van der Waals surface area contributed by atoms with E-state index in [0.29, 0.717) is 13.0 Å². The lowest BCUT2D eigenvalue weighted by Gasteiger charge is -2.25. The molecule has 0 saturated carbocycles. The van der Waals surface area contributed by atoms with Crippen LogP contribution in [0.3, 0.4) is 0 Å². The number of carbonyl (C=O) groups excluding carboxylic acids is 1. The maximum absolute atomic E-state index is 14.5. The second kappa shape index (κ2) is 8.32. The number of nitrogens with zero attached hydrogens (tertiary/aromatic N) is 5. The van der Waals surface area contributed by atoms with E-state index in [9.17, 15) is 35.5 Å². The van der Waals surface area contributed by atoms with Gasteiger partial charge in [0.05, 0.1) is 23.2 Å². The fraction of sp³-hybridized carbons (Fsp3) is 0.227. The van der Waals surface area contributed by atoms with Crippen LogP contribution in [0.15, 0.2) is 18.2 Å². The van der Waals surface area contributed by atoms with Crippen molar-refractivity contribution in [3.05, 3.63) is 62.0 Å². The molecule has 0 fully saturated rings. The van der Waals surface area contributed by atoms with Crippen LogP contribution in [-0.4, -0.2) is 36.8 Å². The molecule has 4 heterocycles. The molecule has 0 bridgehead atoms. The molecular weight excluding hydrogens is 624 g/mol. The molecule has 1 aliphatic heterocycles. The number of aryl methyl sites for hydroxylation is 1. The molecule has 5 rings (SSSR count). The second-order valence-corrected chi connectivity index (χ2v) is 9.42. The predicted octanol–water partition coefficient (Wildman–Crippen LogP) is 5.18. The van der Waals surface area contributed by atoms with Gasteiger partial charge in [0, 0.05) is 5.56 Å². The Labute approximate surface area is 216 Å². The summed E-state index contributed by atoms with van der Waals surface area (Å²) in [6.45, 7) is 1.38. The summed E-state index contributed by atoms with van der Waals surface area (Å²) >= 11 is 1.52. The molecule has 0 radical (unpaired) electrons. The number of hydrogen-bond donors (Lipinski definition) is 1. The van der Waals surface area contributed by atoms with Gasteiger partial charge in [0.2, 0.25) is 5.91 Å². The van der Waals surface area contributed by atoms with Crippen molar-refractivity contribution in [2.24, 2.45) is 0 Å². The fourth-order valence-corrected chi connectivity index (χ4v) is 5.01. The fourth-order valence-electron chi connectivity index (χ4n) is 3.99. The molecule has 4 aromatic rings. The Hall–Kier alpha value is -3.37. The van der Waals surface area contributed by atoms with E-state index in [0.717, 1.165) is 16.8 Å². The molecular formula is C22H12F7IN6O. The second-order valence-electron chi connectivity index (χ2n) is 8.39. The van der Waals surface area contributed by atoms with Crippen molar-refractivity contribution < 1.29 is 35.5 Å². The Kier molecular flexibility index (Phi) is 5.69. The number of nitrogens with one attached hydrogen (secondary N) is 1. The Morgan fingerprint density at radius 1 is 1.05 bits per heavy atom. The number of rotatable bonds is 3. The SMILES string of the molecule is Cc1nc2c(cc1F)c(-c1nc(I)c3c(n1)NC(=O)C3(C)C(F)(F)F)nn2Cc1c(F)ccc(F)c1F. The molecule has 192 valence electrons. The number of carbonyl (C=O) groups is 1. The molecule has 1 aliphatic rings. The first-order chi connectivity index (χ1) is 17.2. The maximum atomic E-state index is 14.5. The van der Waals surface area contributed by atoms with Crippen LogP contribution in [0.4, 0.5) is 36.6 Å². The van der Waals surface area contributed by atoms with Crippen LogP contribution >= 0.6 is 22.6 Å². The van der Waals surface area contributed by atoms with Crippen molar-refractivity contribution >= 4 is 45.3 Å². The Bertz CT molecular complexity index is 1640. The summed E-state index contributed by atoms with van der Waals surface area (Å²) in [6, 6.07) is 2.35. The summed E-state index contributed by atoms with van der Waals surface area (Å²) < 4.78 is 99.0. The summed E-state index contributed by atoms with van der Waals surface area (Å²) in [5.41, 5.74) is -4.41. The number of hydrogen-bond acceptors (Lipinski definition) is 5. The van der Waals surface area contributed by atoms with E-state index >= 15 is 0 Å². The maximum Gasteiger partial charge on any atom is 0.407 e. The molecule has 1 aromatic carbocycles. The topological polar surface area (TPSA) is 85.6 Å². The lowest BCUT2D eigenvalue weighted by atomic mass is 9.84. The highest BCUT2D eigenvalue weighted by atomic mass is 127. The number of anilines is 1. The number of fused-ring (bicyclic) bond motifs is 2. The first-order valence-electron chi connectivity index (χ1n) is 10.4. The molecule has 1 unspecified atom stereocenters. The van der Waals surface area contributed by atoms with Gasteiger partial charge in [0.1, 0.15) is 26.8 Å². The minimum absolute atomic E-state index is 0.0287. The number of halogens is 8. The molecule has 0 spiro atoms. The quantitative estimate of drug-likeness (QED) is 0.145. The van der Waals surface area contributed by atoms with Crippen LogP contribution in [0.1, 0.15) is 23.7 Å². The largest absolute Gasteiger partial charge is 0.407 e. The number of amides is 1. The van der Waals surface area contributed by atoms with Gasteiger partial charge >= 0.3 is 6.18 Å². The van der Waals surface area contributed by atoms with Crippen LogP contribution < -0.4 is 5.32 Å². The van der Waals surface area contributed by atoms with Crippen molar-refractivity contribution in [2.75, 3.05) is 5.32 Å². The first kappa shape index (κ1) is 25.3. The van der Waals surface area contributed by atoms with Gasteiger partial charge in [0.25, 0.3) is 0 Å². The lowest BCUT2D eigenvalue weighted by molar-refractivity contribution is -0.186. The monoisotopic (exact) mass is 636 g/mol. The zero-order valence-electron chi connectivity index (χ0n) is 18.6. The smallest absolute Gasteiger partial charge is 0.309 e. The molecule has 0 saturated heterocycles. The van der Waals surface area contributed by atoms with Gasteiger partial charge in [-0.3, -0.25) is 4.79 Å². The van der Waals surface area contributed by atoms with E-state index in [4.69, 9.17) is 0 Å². The zero-order valence-corrected chi connectivity index (χ0v) is 20.8. The molecule has 0 aliphatic carbocycles. The van der Waals surface area contributed by atoms with Crippen LogP contribution in [0.5, 0.6) is 0 Å². The average molecular weight is 636 g/mol. The van der Waals surface area contributed by atoms with Crippen molar-refractivity contribution in [1.82, 2.24) is 24.7 Å². The molecule has 15 heteroatoms. The van der Waals surface area contributed by atoms with Crippen LogP contribution in [0, 0.1) is 33.9 Å². The van der Waals surface area contributed by atoms with Gasteiger partial charge in [-0.25, -0.2) is 37.2 Å². The van der Waals surface area contributed by atoms with Crippen LogP contribution in [0.25, 0.3) is 22.6 Å². The minimum Gasteiger partial charge on any atom is -0.309 e. The number of benzene rings is 1. The number of aromatic nitrogens is 5. The van der Waals surface area contributed by atoms with Crippen molar-refractivity contribution in [2.45, 2.75) is 32.0 Å². The summed E-state index contributed by atoms with van der Waals surface area (Å²) in [7, 11) is 0. The zero-order chi connectivity index (χ0) is 27.0. The third-order valence-electron chi connectivity index (χ3n) is 6.13. The number of alkyl halides is 3. The van der Waals surface area contributed by atoms with Crippen LogP contribution in [0.2, 0.25) is 0 Å². The first-order valence-corrected chi connectivity index (χ1v) is 11.4. The van der Waals surface area contributed by atoms with Crippen molar-refractivity contribution in [3.8, 4) is 11.5 Å². The molecule has 1 amide bonds. The third-order valence-corrected chi connectivity index (χ3v) is 6.91. The molecule has 1 N–H and O–H groups in total. The van der Waals surface area contributed by atoms with Gasteiger partial charge in [-0.2, -0.15) is 18.3 Å². The van der Waals surface area contributed by atoms with Gasteiger partial charge < -0.3 is 5.32 Å². The van der Waals surface area contributed by atoms with E-state index < -0.39 is 64.3 Å². The molecule has 1 atom stereocenters. The summed E-state index contributed by atoms with van der Waals surface area (Å²) in [4.78, 5) is 24.5. The Morgan fingerprint density at radius 2 is 1.73 bits per heavy atom. The van der Waals surface area contributed by atoms with Crippen molar-refractivity contribution in [1.29, 1.82) is 0 Å². The molecule has 37 heavy (non-hydrogen) atoms. The summed E-state index contributed by atoms with van der Waals surface area (Å²) in [6.07, 6.45) is -4.95. The number of pyridine rings is 1. The van der Waals surface area contributed by atoms with Gasteiger partial charge in [-0.15, -0.1) is 0 Å². The van der Waals surface area contributed by atoms with E-state index in [-0.39, 0.29) is 31.9 Å². The Balaban J connectivity index is 1.72. The summed E-state index contributed by atoms with van der Waals surface area (Å²) in [5.74, 6) is -6.67. The highest BCUT2D eigenvalue weighted by Crippen LogP contribution is 2.49. The van der Waals surface area contributed by atoms with E-state index in [1.807, 2.05) is 0 Å². The van der Waals surface area contributed by atoms with E-state index in [1.54, 1.807) is 0 Å². The minimum atomic E-state index is -4.95. The normalized spacial score (nSPS) is 17.4. The molecule has 7 nitrogen and oxygen atoms in total. The highest BCUT2D eigenvalue weighted by Gasteiger charge is 2.63. The standard InChI is InChI=1S/C22H12F7IN6O/c1-7-12(25)5-8-15(35-36(19(8)31-7)6-9-10(23)3-4-11(24)14(9)26)18-32-16(30)13-17(33-18)34-20(37)21(13,2)22(27,28)29/h3-5H,6H2,1-2H3,(H,32,33,34,37).